The normalized spacial score (nSPS) is 14.9. The Balaban J connectivity index is 3.94. The van der Waals surface area contributed by atoms with Crippen LogP contribution in [0.1, 0.15) is 20.3 Å². The van der Waals surface area contributed by atoms with Gasteiger partial charge in [-0.25, -0.2) is 0 Å². The summed E-state index contributed by atoms with van der Waals surface area (Å²) in [7, 11) is 3.50. The van der Waals surface area contributed by atoms with E-state index in [1.807, 2.05) is 20.9 Å². The monoisotopic (exact) mass is 203 g/mol. The van der Waals surface area contributed by atoms with Crippen LogP contribution < -0.4 is 5.32 Å². The third kappa shape index (κ3) is 5.19. The van der Waals surface area contributed by atoms with Crippen LogP contribution in [0, 0.1) is 5.92 Å². The zero-order chi connectivity index (χ0) is 11.0. The van der Waals surface area contributed by atoms with E-state index in [0.29, 0.717) is 25.6 Å². The standard InChI is InChI=1S/C10H21NO3/c1-5-14-10(12)6-9(11-3)8(2)7-13-4/h8-9,11H,5-7H2,1-4H3. The molecule has 0 amide bonds. The summed E-state index contributed by atoms with van der Waals surface area (Å²) in [6.45, 7) is 4.94. The smallest absolute Gasteiger partial charge is 0.307 e. The number of carbonyl (C=O) groups is 1. The van der Waals surface area contributed by atoms with Gasteiger partial charge in [0, 0.05) is 13.2 Å². The van der Waals surface area contributed by atoms with Crippen molar-refractivity contribution in [3.63, 3.8) is 0 Å². The lowest BCUT2D eigenvalue weighted by molar-refractivity contribution is -0.144. The maximum atomic E-state index is 11.2. The minimum Gasteiger partial charge on any atom is -0.466 e. The number of ether oxygens (including phenoxy) is 2. The van der Waals surface area contributed by atoms with Gasteiger partial charge in [0.15, 0.2) is 0 Å². The number of hydrogen-bond acceptors (Lipinski definition) is 4. The van der Waals surface area contributed by atoms with Crippen LogP contribution in [0.2, 0.25) is 0 Å². The van der Waals surface area contributed by atoms with Crippen molar-refractivity contribution in [2.24, 2.45) is 5.92 Å². The molecular formula is C10H21NO3. The third-order valence-electron chi connectivity index (χ3n) is 2.18. The number of nitrogens with one attached hydrogen (secondary N) is 1. The fraction of sp³-hybridized carbons (Fsp3) is 0.900. The highest BCUT2D eigenvalue weighted by Gasteiger charge is 2.19. The van der Waals surface area contributed by atoms with Crippen LogP contribution in [0.25, 0.3) is 0 Å². The number of methoxy groups -OCH3 is 1. The average Bonchev–Trinajstić information content (AvgIpc) is 2.15. The Kier molecular flexibility index (Phi) is 7.42. The fourth-order valence-corrected chi connectivity index (χ4v) is 1.37. The molecule has 0 rings (SSSR count). The molecule has 0 aliphatic heterocycles. The Morgan fingerprint density at radius 2 is 2.14 bits per heavy atom. The Morgan fingerprint density at radius 1 is 1.50 bits per heavy atom. The highest BCUT2D eigenvalue weighted by atomic mass is 16.5. The van der Waals surface area contributed by atoms with Gasteiger partial charge in [-0.3, -0.25) is 4.79 Å². The van der Waals surface area contributed by atoms with Gasteiger partial charge in [-0.1, -0.05) is 6.92 Å². The Labute approximate surface area is 86.0 Å². The Bertz CT molecular complexity index is 161. The van der Waals surface area contributed by atoms with E-state index in [1.54, 1.807) is 7.11 Å². The number of esters is 1. The summed E-state index contributed by atoms with van der Waals surface area (Å²) >= 11 is 0. The lowest BCUT2D eigenvalue weighted by atomic mass is 10.00. The van der Waals surface area contributed by atoms with Gasteiger partial charge < -0.3 is 14.8 Å². The summed E-state index contributed by atoms with van der Waals surface area (Å²) in [5.74, 6) is 0.143. The molecule has 0 spiro atoms. The predicted molar refractivity (Wildman–Crippen MR) is 55.1 cm³/mol. The molecule has 0 radical (unpaired) electrons. The molecule has 0 aromatic carbocycles. The Hall–Kier alpha value is -0.610. The number of hydrogen-bond donors (Lipinski definition) is 1. The highest BCUT2D eigenvalue weighted by molar-refractivity contribution is 5.70. The topological polar surface area (TPSA) is 47.6 Å². The first-order valence-corrected chi connectivity index (χ1v) is 4.97. The van der Waals surface area contributed by atoms with Crippen molar-refractivity contribution in [1.82, 2.24) is 5.32 Å². The zero-order valence-electron chi connectivity index (χ0n) is 9.50. The van der Waals surface area contributed by atoms with Crippen molar-refractivity contribution in [1.29, 1.82) is 0 Å². The maximum Gasteiger partial charge on any atom is 0.307 e. The van der Waals surface area contributed by atoms with Gasteiger partial charge >= 0.3 is 5.97 Å². The summed E-state index contributed by atoms with van der Waals surface area (Å²) in [6.07, 6.45) is 0.398. The van der Waals surface area contributed by atoms with Gasteiger partial charge in [0.25, 0.3) is 0 Å². The molecule has 2 unspecified atom stereocenters. The molecule has 4 heteroatoms. The molecule has 0 aliphatic carbocycles. The predicted octanol–water partition coefficient (Wildman–Crippen LogP) is 0.810. The van der Waals surface area contributed by atoms with Crippen molar-refractivity contribution >= 4 is 5.97 Å². The van der Waals surface area contributed by atoms with Gasteiger partial charge in [-0.05, 0) is 19.9 Å². The minimum atomic E-state index is -0.158. The van der Waals surface area contributed by atoms with Gasteiger partial charge in [-0.15, -0.1) is 0 Å². The van der Waals surface area contributed by atoms with E-state index < -0.39 is 0 Å². The minimum absolute atomic E-state index is 0.119. The molecule has 2 atom stereocenters. The molecule has 0 aromatic rings. The van der Waals surface area contributed by atoms with Gasteiger partial charge in [0.1, 0.15) is 0 Å². The fourth-order valence-electron chi connectivity index (χ4n) is 1.37. The molecule has 0 heterocycles. The molecule has 0 aliphatic rings. The summed E-state index contributed by atoms with van der Waals surface area (Å²) in [6, 6.07) is 0.119. The van der Waals surface area contributed by atoms with E-state index in [2.05, 4.69) is 5.32 Å². The second-order valence-corrected chi connectivity index (χ2v) is 3.34. The van der Waals surface area contributed by atoms with E-state index in [1.165, 1.54) is 0 Å². The second kappa shape index (κ2) is 7.76. The number of carbonyl (C=O) groups excluding carboxylic acids is 1. The number of rotatable bonds is 7. The van der Waals surface area contributed by atoms with E-state index in [0.717, 1.165) is 0 Å². The molecular weight excluding hydrogens is 182 g/mol. The van der Waals surface area contributed by atoms with Crippen molar-refractivity contribution in [3.8, 4) is 0 Å². The van der Waals surface area contributed by atoms with Gasteiger partial charge in [-0.2, -0.15) is 0 Å². The zero-order valence-corrected chi connectivity index (χ0v) is 9.50. The largest absolute Gasteiger partial charge is 0.466 e. The van der Waals surface area contributed by atoms with Gasteiger partial charge in [0.2, 0.25) is 0 Å². The van der Waals surface area contributed by atoms with Crippen LogP contribution in [0.4, 0.5) is 0 Å². The van der Waals surface area contributed by atoms with E-state index in [9.17, 15) is 4.79 Å². The first-order chi connectivity index (χ1) is 6.65. The molecule has 0 aromatic heterocycles. The SMILES string of the molecule is CCOC(=O)CC(NC)C(C)COC. The molecule has 84 valence electrons. The molecule has 1 N–H and O–H groups in total. The molecule has 14 heavy (non-hydrogen) atoms. The van der Waals surface area contributed by atoms with Crippen molar-refractivity contribution in [2.45, 2.75) is 26.3 Å². The lowest BCUT2D eigenvalue weighted by Crippen LogP contribution is -2.36. The van der Waals surface area contributed by atoms with Crippen LogP contribution in [-0.4, -0.2) is 39.4 Å². The summed E-state index contributed by atoms with van der Waals surface area (Å²) in [5, 5.41) is 3.10. The van der Waals surface area contributed by atoms with Crippen LogP contribution >= 0.6 is 0 Å². The van der Waals surface area contributed by atoms with Crippen molar-refractivity contribution in [2.75, 3.05) is 27.4 Å². The summed E-state index contributed by atoms with van der Waals surface area (Å²) in [4.78, 5) is 11.2. The van der Waals surface area contributed by atoms with E-state index in [-0.39, 0.29) is 12.0 Å². The Morgan fingerprint density at radius 3 is 2.57 bits per heavy atom. The van der Waals surface area contributed by atoms with E-state index >= 15 is 0 Å². The average molecular weight is 203 g/mol. The van der Waals surface area contributed by atoms with Crippen LogP contribution in [0.3, 0.4) is 0 Å². The lowest BCUT2D eigenvalue weighted by Gasteiger charge is -2.21. The molecule has 0 bridgehead atoms. The molecule has 0 saturated carbocycles. The second-order valence-electron chi connectivity index (χ2n) is 3.34. The summed E-state index contributed by atoms with van der Waals surface area (Å²) < 4.78 is 9.92. The van der Waals surface area contributed by atoms with E-state index in [4.69, 9.17) is 9.47 Å². The maximum absolute atomic E-state index is 11.2. The van der Waals surface area contributed by atoms with Crippen LogP contribution in [0.5, 0.6) is 0 Å². The first kappa shape index (κ1) is 13.4. The third-order valence-corrected chi connectivity index (χ3v) is 2.18. The van der Waals surface area contributed by atoms with Crippen molar-refractivity contribution in [3.05, 3.63) is 0 Å². The quantitative estimate of drug-likeness (QED) is 0.622. The molecule has 0 saturated heterocycles. The first-order valence-electron chi connectivity index (χ1n) is 4.97. The van der Waals surface area contributed by atoms with Crippen LogP contribution in [0.15, 0.2) is 0 Å². The van der Waals surface area contributed by atoms with Gasteiger partial charge in [0.05, 0.1) is 19.6 Å². The summed E-state index contributed by atoms with van der Waals surface area (Å²) in [5.41, 5.74) is 0. The van der Waals surface area contributed by atoms with Crippen molar-refractivity contribution < 1.29 is 14.3 Å². The molecule has 0 fully saturated rings. The van der Waals surface area contributed by atoms with Crippen LogP contribution in [-0.2, 0) is 14.3 Å². The molecule has 4 nitrogen and oxygen atoms in total. The highest BCUT2D eigenvalue weighted by Crippen LogP contribution is 2.08.